The first-order valence-corrected chi connectivity index (χ1v) is 13.9. The number of rotatable bonds is 6. The van der Waals surface area contributed by atoms with Crippen LogP contribution in [0.1, 0.15) is 40.6 Å². The lowest BCUT2D eigenvalue weighted by atomic mass is 10.0. The quantitative estimate of drug-likeness (QED) is 0.331. The second-order valence-electron chi connectivity index (χ2n) is 10.1. The second kappa shape index (κ2) is 9.63. The molecule has 5 heterocycles. The Morgan fingerprint density at radius 3 is 2.81 bits per heavy atom. The predicted molar refractivity (Wildman–Crippen MR) is 149 cm³/mol. The van der Waals surface area contributed by atoms with E-state index in [0.717, 1.165) is 43.4 Å². The average Bonchev–Trinajstić information content (AvgIpc) is 3.60. The molecule has 0 spiro atoms. The molecular weight excluding hydrogens is 508 g/mol. The van der Waals surface area contributed by atoms with Gasteiger partial charge in [0.15, 0.2) is 0 Å². The van der Waals surface area contributed by atoms with E-state index in [9.17, 15) is 9.59 Å². The molecule has 0 radical (unpaired) electrons. The van der Waals surface area contributed by atoms with Crippen molar-refractivity contribution in [2.45, 2.75) is 44.8 Å². The lowest BCUT2D eigenvalue weighted by Crippen LogP contribution is -2.43. The molecule has 6 rings (SSSR count). The highest BCUT2D eigenvalue weighted by Crippen LogP contribution is 2.38. The zero-order chi connectivity index (χ0) is 25.7. The zero-order valence-corrected chi connectivity index (χ0v) is 22.4. The molecule has 8 nitrogen and oxygen atoms in total. The molecule has 1 aromatic carbocycles. The molecule has 192 valence electrons. The van der Waals surface area contributed by atoms with Gasteiger partial charge in [0.1, 0.15) is 16.9 Å². The monoisotopic (exact) mass is 536 g/mol. The average molecular weight is 537 g/mol. The lowest BCUT2D eigenvalue weighted by molar-refractivity contribution is 0.0617. The van der Waals surface area contributed by atoms with Crippen molar-refractivity contribution in [1.29, 1.82) is 0 Å². The summed E-state index contributed by atoms with van der Waals surface area (Å²) in [6, 6.07) is 8.29. The predicted octanol–water partition coefficient (Wildman–Crippen LogP) is 4.73. The van der Waals surface area contributed by atoms with Gasteiger partial charge in [0.25, 0.3) is 11.5 Å². The van der Waals surface area contributed by atoms with E-state index in [4.69, 9.17) is 16.6 Å². The van der Waals surface area contributed by atoms with Gasteiger partial charge in [-0.1, -0.05) is 17.7 Å². The number of anilines is 1. The van der Waals surface area contributed by atoms with Crippen molar-refractivity contribution >= 4 is 45.6 Å². The van der Waals surface area contributed by atoms with Crippen molar-refractivity contribution in [3.05, 3.63) is 67.2 Å². The Morgan fingerprint density at radius 2 is 2.05 bits per heavy atom. The van der Waals surface area contributed by atoms with Gasteiger partial charge >= 0.3 is 0 Å². The fourth-order valence-electron chi connectivity index (χ4n) is 5.52. The highest BCUT2D eigenvalue weighted by atomic mass is 35.5. The number of carbonyl (C=O) groups excluding carboxylic acids is 1. The van der Waals surface area contributed by atoms with E-state index in [1.54, 1.807) is 17.5 Å². The third-order valence-electron chi connectivity index (χ3n) is 7.43. The summed E-state index contributed by atoms with van der Waals surface area (Å²) in [4.78, 5) is 42.7. The van der Waals surface area contributed by atoms with Crippen molar-refractivity contribution in [3.63, 3.8) is 0 Å². The second-order valence-corrected chi connectivity index (χ2v) is 11.5. The van der Waals surface area contributed by atoms with Crippen LogP contribution in [-0.4, -0.2) is 62.9 Å². The molecule has 1 saturated heterocycles. The number of aromatic nitrogens is 3. The maximum Gasteiger partial charge on any atom is 0.261 e. The minimum absolute atomic E-state index is 0.0247. The number of nitrogens with zero attached hydrogens (tertiary/aromatic N) is 3. The highest BCUT2D eigenvalue weighted by Gasteiger charge is 2.37. The first kappa shape index (κ1) is 24.2. The van der Waals surface area contributed by atoms with Crippen LogP contribution in [0.25, 0.3) is 22.4 Å². The van der Waals surface area contributed by atoms with Crippen LogP contribution >= 0.6 is 22.9 Å². The molecule has 3 aromatic heterocycles. The topological polar surface area (TPSA) is 97.1 Å². The third-order valence-corrected chi connectivity index (χ3v) is 8.70. The molecule has 1 amide bonds. The van der Waals surface area contributed by atoms with Crippen LogP contribution < -0.4 is 10.9 Å². The van der Waals surface area contributed by atoms with Crippen LogP contribution in [0.2, 0.25) is 5.02 Å². The summed E-state index contributed by atoms with van der Waals surface area (Å²) in [5.74, 6) is 0.399. The first-order valence-electron chi connectivity index (χ1n) is 12.6. The zero-order valence-electron chi connectivity index (χ0n) is 20.8. The lowest BCUT2D eigenvalue weighted by Gasteiger charge is -2.34. The number of nitrogens with one attached hydrogen (secondary N) is 3. The molecule has 3 N–H and O–H groups in total. The molecule has 10 heteroatoms. The van der Waals surface area contributed by atoms with Crippen LogP contribution in [0.5, 0.6) is 0 Å². The number of halogens is 1. The molecule has 2 aliphatic rings. The third kappa shape index (κ3) is 4.45. The van der Waals surface area contributed by atoms with Gasteiger partial charge in [0, 0.05) is 36.1 Å². The molecule has 0 bridgehead atoms. The Labute approximate surface area is 223 Å². The Kier molecular flexibility index (Phi) is 6.30. The molecule has 1 fully saturated rings. The first-order chi connectivity index (χ1) is 17.9. The molecule has 4 aromatic rings. The van der Waals surface area contributed by atoms with Crippen LogP contribution in [0.3, 0.4) is 0 Å². The Balaban J connectivity index is 1.32. The summed E-state index contributed by atoms with van der Waals surface area (Å²) >= 11 is 8.53. The number of likely N-dealkylation sites (tertiary alicyclic amines) is 1. The van der Waals surface area contributed by atoms with Crippen molar-refractivity contribution in [1.82, 2.24) is 24.8 Å². The normalized spacial score (nSPS) is 17.5. The van der Waals surface area contributed by atoms with Crippen molar-refractivity contribution in [2.75, 3.05) is 25.5 Å². The fourth-order valence-corrected chi connectivity index (χ4v) is 6.70. The number of hydrogen-bond donors (Lipinski definition) is 3. The molecule has 37 heavy (non-hydrogen) atoms. The van der Waals surface area contributed by atoms with E-state index < -0.39 is 0 Å². The van der Waals surface area contributed by atoms with Crippen LogP contribution in [0.15, 0.2) is 40.6 Å². The van der Waals surface area contributed by atoms with E-state index in [2.05, 4.69) is 45.6 Å². The van der Waals surface area contributed by atoms with Gasteiger partial charge < -0.3 is 25.1 Å². The van der Waals surface area contributed by atoms with Gasteiger partial charge in [-0.15, -0.1) is 11.3 Å². The number of amides is 1. The number of benzene rings is 1. The molecule has 1 atom stereocenters. The number of pyridine rings is 1. The smallest absolute Gasteiger partial charge is 0.261 e. The molecular formula is C27H29ClN6O2S. The van der Waals surface area contributed by atoms with E-state index in [1.165, 1.54) is 4.88 Å². The number of carbonyl (C=O) groups is 1. The Morgan fingerprint density at radius 1 is 1.24 bits per heavy atom. The van der Waals surface area contributed by atoms with Gasteiger partial charge in [-0.2, -0.15) is 0 Å². The summed E-state index contributed by atoms with van der Waals surface area (Å²) in [7, 11) is 2.11. The number of imidazole rings is 1. The van der Waals surface area contributed by atoms with Gasteiger partial charge in [-0.25, -0.2) is 4.98 Å². The van der Waals surface area contributed by atoms with Gasteiger partial charge in [-0.3, -0.25) is 9.59 Å². The molecule has 0 saturated carbocycles. The van der Waals surface area contributed by atoms with Crippen LogP contribution in [0, 0.1) is 0 Å². The maximum absolute atomic E-state index is 13.4. The standard InChI is InChI=1S/C27H29ClN6O2S/c1-15(12-18-4-3-11-37-18)30-19-5-8-29-26(35)22(19)25-31-20-13-16-14-34(17-6-9-33(2)10-7-17)27(36)21(16)23(28)24(20)32-25/h3-5,8,11,13,15,17H,6-7,9-10,12,14H2,1-2H3,(H,31,32)(H2,29,30,35)/t15-/m1/s1. The molecule has 0 aliphatic carbocycles. The molecule has 2 aliphatic heterocycles. The summed E-state index contributed by atoms with van der Waals surface area (Å²) in [6.45, 7) is 4.61. The fraction of sp³-hybridized carbons (Fsp3) is 0.370. The van der Waals surface area contributed by atoms with E-state index in [0.29, 0.717) is 39.7 Å². The van der Waals surface area contributed by atoms with Gasteiger partial charge in [-0.05, 0) is 69.0 Å². The summed E-state index contributed by atoms with van der Waals surface area (Å²) in [5.41, 5.74) is 3.54. The minimum Gasteiger partial charge on any atom is -0.381 e. The maximum atomic E-state index is 13.4. The van der Waals surface area contributed by atoms with E-state index in [1.807, 2.05) is 23.1 Å². The highest BCUT2D eigenvalue weighted by molar-refractivity contribution is 7.09. The van der Waals surface area contributed by atoms with Crippen molar-refractivity contribution < 1.29 is 4.79 Å². The number of aromatic amines is 2. The van der Waals surface area contributed by atoms with Crippen LogP contribution in [0.4, 0.5) is 5.69 Å². The van der Waals surface area contributed by atoms with E-state index >= 15 is 0 Å². The SMILES string of the molecule is C[C@H](Cc1cccs1)Nc1cc[nH]c(=O)c1-c1nc2c(Cl)c3c(cc2[nH]1)CN(C1CCN(C)CC1)C3=O. The van der Waals surface area contributed by atoms with Crippen molar-refractivity contribution in [2.24, 2.45) is 0 Å². The van der Waals surface area contributed by atoms with Gasteiger partial charge in [0.05, 0.1) is 21.8 Å². The van der Waals surface area contributed by atoms with Crippen molar-refractivity contribution in [3.8, 4) is 11.4 Å². The number of fused-ring (bicyclic) bond motifs is 2. The summed E-state index contributed by atoms with van der Waals surface area (Å²) in [6.07, 6.45) is 4.40. The minimum atomic E-state index is -0.249. The number of hydrogen-bond acceptors (Lipinski definition) is 6. The number of piperidine rings is 1. The summed E-state index contributed by atoms with van der Waals surface area (Å²) in [5, 5.41) is 5.89. The molecule has 0 unspecified atom stereocenters. The summed E-state index contributed by atoms with van der Waals surface area (Å²) < 4.78 is 0. The number of H-pyrrole nitrogens is 2. The van der Waals surface area contributed by atoms with Gasteiger partial charge in [0.2, 0.25) is 0 Å². The van der Waals surface area contributed by atoms with Crippen LogP contribution in [-0.2, 0) is 13.0 Å². The number of thiophene rings is 1. The Bertz CT molecular complexity index is 1520. The Hall–Kier alpha value is -3.14. The van der Waals surface area contributed by atoms with E-state index in [-0.39, 0.29) is 23.6 Å². The largest absolute Gasteiger partial charge is 0.381 e.